The van der Waals surface area contributed by atoms with Crippen LogP contribution in [0.4, 0.5) is 5.69 Å². The van der Waals surface area contributed by atoms with Gasteiger partial charge in [-0.3, -0.25) is 9.59 Å². The van der Waals surface area contributed by atoms with E-state index >= 15 is 0 Å². The van der Waals surface area contributed by atoms with Crippen LogP contribution in [-0.2, 0) is 14.8 Å². The lowest BCUT2D eigenvalue weighted by atomic mass is 9.98. The van der Waals surface area contributed by atoms with Gasteiger partial charge in [-0.25, -0.2) is 8.42 Å². The number of nitrogens with zero attached hydrogens (tertiary/aromatic N) is 2. The first kappa shape index (κ1) is 22.0. The fourth-order valence-electron chi connectivity index (χ4n) is 4.10. The lowest BCUT2D eigenvalue weighted by Gasteiger charge is -2.30. The van der Waals surface area contributed by atoms with Gasteiger partial charge in [-0.05, 0) is 69.0 Å². The molecule has 2 saturated heterocycles. The molecule has 0 saturated carbocycles. The Labute approximate surface area is 187 Å². The number of thiophene rings is 1. The molecule has 3 heterocycles. The highest BCUT2D eigenvalue weighted by Gasteiger charge is 2.34. The molecule has 9 heteroatoms. The minimum Gasteiger partial charge on any atom is -0.339 e. The molecule has 1 atom stereocenters. The summed E-state index contributed by atoms with van der Waals surface area (Å²) in [6.45, 7) is 4.07. The van der Waals surface area contributed by atoms with Gasteiger partial charge in [-0.15, -0.1) is 11.3 Å². The fourth-order valence-corrected chi connectivity index (χ4v) is 7.06. The summed E-state index contributed by atoms with van der Waals surface area (Å²) in [7, 11) is -3.57. The predicted molar refractivity (Wildman–Crippen MR) is 121 cm³/mol. The van der Waals surface area contributed by atoms with E-state index in [9.17, 15) is 18.0 Å². The second-order valence-electron chi connectivity index (χ2n) is 8.13. The zero-order valence-corrected chi connectivity index (χ0v) is 19.2. The molecule has 1 unspecified atom stereocenters. The molecule has 0 aliphatic carbocycles. The number of anilines is 1. The highest BCUT2D eigenvalue weighted by Crippen LogP contribution is 2.28. The van der Waals surface area contributed by atoms with Crippen molar-refractivity contribution in [2.45, 2.75) is 36.8 Å². The first-order valence-corrected chi connectivity index (χ1v) is 12.9. The second-order valence-corrected chi connectivity index (χ2v) is 11.6. The molecule has 1 aromatic heterocycles. The SMILES string of the molecule is Cc1ccc(S(=O)(=O)N2CCCC(C(=O)Nc3ccc(C(=O)N4CCCC4)cc3)C2)s1. The Morgan fingerprint density at radius 3 is 2.35 bits per heavy atom. The topological polar surface area (TPSA) is 86.8 Å². The minimum absolute atomic E-state index is 0.0207. The van der Waals surface area contributed by atoms with E-state index < -0.39 is 15.9 Å². The van der Waals surface area contributed by atoms with E-state index in [1.54, 1.807) is 36.4 Å². The summed E-state index contributed by atoms with van der Waals surface area (Å²) in [4.78, 5) is 28.0. The number of likely N-dealkylation sites (tertiary alicyclic amines) is 1. The summed E-state index contributed by atoms with van der Waals surface area (Å²) in [5, 5.41) is 2.88. The van der Waals surface area contributed by atoms with Gasteiger partial charge < -0.3 is 10.2 Å². The van der Waals surface area contributed by atoms with Crippen LogP contribution in [0.3, 0.4) is 0 Å². The number of aryl methyl sites for hydroxylation is 1. The summed E-state index contributed by atoms with van der Waals surface area (Å²) in [6, 6.07) is 10.3. The molecule has 166 valence electrons. The number of hydrogen-bond donors (Lipinski definition) is 1. The molecular weight excluding hydrogens is 434 g/mol. The van der Waals surface area contributed by atoms with Crippen LogP contribution in [0.5, 0.6) is 0 Å². The van der Waals surface area contributed by atoms with Crippen LogP contribution in [0.1, 0.15) is 40.9 Å². The maximum atomic E-state index is 12.9. The molecule has 2 aliphatic rings. The monoisotopic (exact) mass is 461 g/mol. The Kier molecular flexibility index (Phi) is 6.45. The van der Waals surface area contributed by atoms with Gasteiger partial charge >= 0.3 is 0 Å². The number of carbonyl (C=O) groups excluding carboxylic acids is 2. The Morgan fingerprint density at radius 1 is 1.00 bits per heavy atom. The van der Waals surface area contributed by atoms with Gasteiger partial charge in [0.05, 0.1) is 5.92 Å². The zero-order chi connectivity index (χ0) is 22.0. The van der Waals surface area contributed by atoms with Crippen LogP contribution in [0.25, 0.3) is 0 Å². The Hall–Kier alpha value is -2.23. The number of carbonyl (C=O) groups is 2. The van der Waals surface area contributed by atoms with Gasteiger partial charge in [0.1, 0.15) is 4.21 Å². The van der Waals surface area contributed by atoms with Crippen molar-refractivity contribution in [3.8, 4) is 0 Å². The van der Waals surface area contributed by atoms with Gasteiger partial charge in [0, 0.05) is 42.3 Å². The maximum absolute atomic E-state index is 12.9. The molecular formula is C22H27N3O4S2. The van der Waals surface area contributed by atoms with E-state index in [4.69, 9.17) is 0 Å². The molecule has 0 bridgehead atoms. The van der Waals surface area contributed by atoms with Crippen molar-refractivity contribution in [2.24, 2.45) is 5.92 Å². The van der Waals surface area contributed by atoms with E-state index in [0.29, 0.717) is 34.8 Å². The quantitative estimate of drug-likeness (QED) is 0.740. The molecule has 0 radical (unpaired) electrons. The molecule has 2 amide bonds. The van der Waals surface area contributed by atoms with Gasteiger partial charge in [0.15, 0.2) is 0 Å². The van der Waals surface area contributed by atoms with Gasteiger partial charge in [-0.1, -0.05) is 0 Å². The highest BCUT2D eigenvalue weighted by atomic mass is 32.2. The number of nitrogens with one attached hydrogen (secondary N) is 1. The number of amides is 2. The molecule has 1 N–H and O–H groups in total. The Morgan fingerprint density at radius 2 is 1.71 bits per heavy atom. The molecule has 1 aromatic carbocycles. The van der Waals surface area contributed by atoms with Crippen molar-refractivity contribution in [1.29, 1.82) is 0 Å². The summed E-state index contributed by atoms with van der Waals surface area (Å²) in [5.74, 6) is -0.580. The number of benzene rings is 1. The largest absolute Gasteiger partial charge is 0.339 e. The third-order valence-corrected chi connectivity index (χ3v) is 9.19. The normalized spacial score (nSPS) is 20.0. The molecule has 7 nitrogen and oxygen atoms in total. The second kappa shape index (κ2) is 9.10. The van der Waals surface area contributed by atoms with Crippen molar-refractivity contribution in [3.63, 3.8) is 0 Å². The molecule has 2 aromatic rings. The number of rotatable bonds is 5. The van der Waals surface area contributed by atoms with Crippen molar-refractivity contribution in [1.82, 2.24) is 9.21 Å². The first-order chi connectivity index (χ1) is 14.8. The van der Waals surface area contributed by atoms with Crippen LogP contribution in [-0.4, -0.2) is 55.6 Å². The predicted octanol–water partition coefficient (Wildman–Crippen LogP) is 3.33. The van der Waals surface area contributed by atoms with Crippen LogP contribution in [0.2, 0.25) is 0 Å². The van der Waals surface area contributed by atoms with Crippen LogP contribution in [0, 0.1) is 12.8 Å². The summed E-state index contributed by atoms with van der Waals surface area (Å²) >= 11 is 1.25. The van der Waals surface area contributed by atoms with Crippen LogP contribution >= 0.6 is 11.3 Å². The van der Waals surface area contributed by atoms with E-state index in [1.807, 2.05) is 11.8 Å². The smallest absolute Gasteiger partial charge is 0.253 e. The average Bonchev–Trinajstić information content (AvgIpc) is 3.46. The van der Waals surface area contributed by atoms with Crippen molar-refractivity contribution in [3.05, 3.63) is 46.8 Å². The lowest BCUT2D eigenvalue weighted by molar-refractivity contribution is -0.120. The zero-order valence-electron chi connectivity index (χ0n) is 17.5. The Balaban J connectivity index is 1.38. The standard InChI is InChI=1S/C22H27N3O4S2/c1-16-6-11-20(30-16)31(28,29)25-14-4-5-18(15-25)21(26)23-19-9-7-17(8-10-19)22(27)24-12-2-3-13-24/h6-11,18H,2-5,12-15H2,1H3,(H,23,26). The average molecular weight is 462 g/mol. The third kappa shape index (κ3) is 4.83. The van der Waals surface area contributed by atoms with Gasteiger partial charge in [0.25, 0.3) is 15.9 Å². The van der Waals surface area contributed by atoms with E-state index in [-0.39, 0.29) is 18.4 Å². The fraction of sp³-hybridized carbons (Fsp3) is 0.455. The number of piperidine rings is 1. The van der Waals surface area contributed by atoms with Gasteiger partial charge in [-0.2, -0.15) is 4.31 Å². The molecule has 2 aliphatic heterocycles. The van der Waals surface area contributed by atoms with E-state index in [1.165, 1.54) is 15.6 Å². The number of hydrogen-bond acceptors (Lipinski definition) is 5. The summed E-state index contributed by atoms with van der Waals surface area (Å²) < 4.78 is 27.6. The van der Waals surface area contributed by atoms with Crippen molar-refractivity contribution < 1.29 is 18.0 Å². The minimum atomic E-state index is -3.57. The van der Waals surface area contributed by atoms with Crippen molar-refractivity contribution >= 4 is 38.9 Å². The number of sulfonamides is 1. The summed E-state index contributed by atoms with van der Waals surface area (Å²) in [6.07, 6.45) is 3.37. The maximum Gasteiger partial charge on any atom is 0.253 e. The third-order valence-electron chi connectivity index (χ3n) is 5.86. The Bertz CT molecular complexity index is 1060. The van der Waals surface area contributed by atoms with E-state index in [0.717, 1.165) is 30.8 Å². The summed E-state index contributed by atoms with van der Waals surface area (Å²) in [5.41, 5.74) is 1.22. The van der Waals surface area contributed by atoms with Crippen LogP contribution in [0.15, 0.2) is 40.6 Å². The molecule has 0 spiro atoms. The van der Waals surface area contributed by atoms with Crippen LogP contribution < -0.4 is 5.32 Å². The highest BCUT2D eigenvalue weighted by molar-refractivity contribution is 7.91. The molecule has 2 fully saturated rings. The van der Waals surface area contributed by atoms with E-state index in [2.05, 4.69) is 5.32 Å². The first-order valence-electron chi connectivity index (χ1n) is 10.6. The van der Waals surface area contributed by atoms with Crippen molar-refractivity contribution in [2.75, 3.05) is 31.5 Å². The molecule has 4 rings (SSSR count). The van der Waals surface area contributed by atoms with Gasteiger partial charge in [0.2, 0.25) is 5.91 Å². The lowest BCUT2D eigenvalue weighted by Crippen LogP contribution is -2.43. The molecule has 31 heavy (non-hydrogen) atoms.